The van der Waals surface area contributed by atoms with Crippen LogP contribution < -0.4 is 11.1 Å². The van der Waals surface area contributed by atoms with Crippen LogP contribution in [0.4, 0.5) is 0 Å². The Labute approximate surface area is 142 Å². The van der Waals surface area contributed by atoms with Gasteiger partial charge in [-0.2, -0.15) is 0 Å². The van der Waals surface area contributed by atoms with Gasteiger partial charge in [0.2, 0.25) is 17.7 Å². The van der Waals surface area contributed by atoms with Crippen LogP contribution in [0.15, 0.2) is 30.3 Å². The first-order valence-corrected chi connectivity index (χ1v) is 8.47. The molecule has 0 saturated carbocycles. The van der Waals surface area contributed by atoms with Crippen LogP contribution in [0.1, 0.15) is 37.7 Å². The van der Waals surface area contributed by atoms with Crippen molar-refractivity contribution in [2.75, 3.05) is 13.1 Å². The molecule has 1 aliphatic heterocycles. The molecule has 3 N–H and O–H groups in total. The highest BCUT2D eigenvalue weighted by atomic mass is 16.2. The Kier molecular flexibility index (Phi) is 6.78. The maximum Gasteiger partial charge on any atom is 0.242 e. The van der Waals surface area contributed by atoms with E-state index in [1.165, 1.54) is 10.5 Å². The molecular formula is C18H25N3O3. The molecule has 0 spiro atoms. The lowest BCUT2D eigenvalue weighted by Crippen LogP contribution is -2.47. The molecule has 1 heterocycles. The lowest BCUT2D eigenvalue weighted by Gasteiger charge is -2.22. The lowest BCUT2D eigenvalue weighted by molar-refractivity contribution is -0.137. The monoisotopic (exact) mass is 331 g/mol. The number of nitrogens with zero attached hydrogens (tertiary/aromatic N) is 1. The Hall–Kier alpha value is -2.37. The molecule has 0 bridgehead atoms. The highest BCUT2D eigenvalue weighted by molar-refractivity contribution is 5.90. The fourth-order valence-electron chi connectivity index (χ4n) is 2.98. The van der Waals surface area contributed by atoms with Crippen LogP contribution >= 0.6 is 0 Å². The maximum atomic E-state index is 12.1. The number of nitrogens with two attached hydrogens (primary N) is 1. The van der Waals surface area contributed by atoms with E-state index in [9.17, 15) is 14.4 Å². The van der Waals surface area contributed by atoms with E-state index in [1.807, 2.05) is 18.2 Å². The number of unbranched alkanes of at least 4 members (excludes halogenated alkanes) is 1. The Bertz CT molecular complexity index is 574. The van der Waals surface area contributed by atoms with E-state index in [1.54, 1.807) is 0 Å². The fraction of sp³-hybridized carbons (Fsp3) is 0.500. The van der Waals surface area contributed by atoms with Crippen molar-refractivity contribution in [3.63, 3.8) is 0 Å². The normalized spacial score (nSPS) is 16.8. The summed E-state index contributed by atoms with van der Waals surface area (Å²) in [7, 11) is 0. The standard InChI is InChI=1S/C18H25N3O3/c19-18(24)15-10-6-12-21(15)17(23)13-20-16(22)11-5-4-9-14-7-2-1-3-8-14/h1-3,7-8,15H,4-6,9-13H2,(H2,19,24)(H,20,22). The molecule has 24 heavy (non-hydrogen) atoms. The minimum Gasteiger partial charge on any atom is -0.368 e. The molecule has 1 aromatic rings. The largest absolute Gasteiger partial charge is 0.368 e. The number of rotatable bonds is 8. The van der Waals surface area contributed by atoms with Crippen LogP contribution in [-0.4, -0.2) is 41.8 Å². The Balaban J connectivity index is 1.62. The van der Waals surface area contributed by atoms with Crippen molar-refractivity contribution in [1.29, 1.82) is 0 Å². The van der Waals surface area contributed by atoms with Crippen LogP contribution in [0.2, 0.25) is 0 Å². The molecule has 1 aliphatic rings. The summed E-state index contributed by atoms with van der Waals surface area (Å²) in [6.45, 7) is 0.459. The minimum atomic E-state index is -0.528. The number of hydrogen-bond donors (Lipinski definition) is 2. The number of hydrogen-bond acceptors (Lipinski definition) is 3. The van der Waals surface area contributed by atoms with Gasteiger partial charge in [-0.05, 0) is 37.7 Å². The molecule has 6 heteroatoms. The van der Waals surface area contributed by atoms with E-state index >= 15 is 0 Å². The average Bonchev–Trinajstić information content (AvgIpc) is 3.07. The van der Waals surface area contributed by atoms with Gasteiger partial charge in [0.25, 0.3) is 0 Å². The number of aryl methyl sites for hydroxylation is 1. The van der Waals surface area contributed by atoms with Gasteiger partial charge < -0.3 is 16.0 Å². The predicted molar refractivity (Wildman–Crippen MR) is 90.9 cm³/mol. The number of likely N-dealkylation sites (tertiary alicyclic amines) is 1. The molecule has 2 rings (SSSR count). The molecule has 1 saturated heterocycles. The third-order valence-electron chi connectivity index (χ3n) is 4.30. The van der Waals surface area contributed by atoms with Gasteiger partial charge in [0.1, 0.15) is 6.04 Å². The lowest BCUT2D eigenvalue weighted by atomic mass is 10.1. The van der Waals surface area contributed by atoms with Gasteiger partial charge in [-0.25, -0.2) is 0 Å². The number of primary amides is 1. The molecule has 6 nitrogen and oxygen atoms in total. The molecule has 0 radical (unpaired) electrons. The van der Waals surface area contributed by atoms with Crippen LogP contribution in [-0.2, 0) is 20.8 Å². The van der Waals surface area contributed by atoms with Crippen molar-refractivity contribution in [2.24, 2.45) is 5.73 Å². The SMILES string of the molecule is NC(=O)C1CCCN1C(=O)CNC(=O)CCCCc1ccccc1. The summed E-state index contributed by atoms with van der Waals surface area (Å²) in [5.41, 5.74) is 6.55. The molecule has 130 valence electrons. The van der Waals surface area contributed by atoms with Gasteiger partial charge in [-0.15, -0.1) is 0 Å². The second-order valence-electron chi connectivity index (χ2n) is 6.12. The first-order valence-electron chi connectivity index (χ1n) is 8.47. The number of benzene rings is 1. The van der Waals surface area contributed by atoms with Gasteiger partial charge in [0, 0.05) is 13.0 Å². The van der Waals surface area contributed by atoms with E-state index in [-0.39, 0.29) is 18.4 Å². The molecule has 1 unspecified atom stereocenters. The zero-order chi connectivity index (χ0) is 17.4. The van der Waals surface area contributed by atoms with Crippen molar-refractivity contribution in [3.8, 4) is 0 Å². The summed E-state index contributed by atoms with van der Waals surface area (Å²) in [4.78, 5) is 36.7. The van der Waals surface area contributed by atoms with Gasteiger partial charge >= 0.3 is 0 Å². The van der Waals surface area contributed by atoms with Crippen molar-refractivity contribution in [3.05, 3.63) is 35.9 Å². The predicted octanol–water partition coefficient (Wildman–Crippen LogP) is 0.992. The Morgan fingerprint density at radius 3 is 2.62 bits per heavy atom. The molecule has 1 fully saturated rings. The molecule has 1 atom stereocenters. The Morgan fingerprint density at radius 2 is 1.92 bits per heavy atom. The van der Waals surface area contributed by atoms with E-state index in [0.29, 0.717) is 19.4 Å². The van der Waals surface area contributed by atoms with Crippen molar-refractivity contribution in [1.82, 2.24) is 10.2 Å². The topological polar surface area (TPSA) is 92.5 Å². The van der Waals surface area contributed by atoms with Crippen molar-refractivity contribution < 1.29 is 14.4 Å². The van der Waals surface area contributed by atoms with Crippen LogP contribution in [0, 0.1) is 0 Å². The summed E-state index contributed by atoms with van der Waals surface area (Å²) in [6, 6.07) is 9.61. The summed E-state index contributed by atoms with van der Waals surface area (Å²) >= 11 is 0. The fourth-order valence-corrected chi connectivity index (χ4v) is 2.98. The zero-order valence-electron chi connectivity index (χ0n) is 13.9. The second-order valence-corrected chi connectivity index (χ2v) is 6.12. The Morgan fingerprint density at radius 1 is 1.17 bits per heavy atom. The quantitative estimate of drug-likeness (QED) is 0.696. The summed E-state index contributed by atoms with van der Waals surface area (Å²) in [5.74, 6) is -0.853. The molecular weight excluding hydrogens is 306 g/mol. The summed E-state index contributed by atoms with van der Waals surface area (Å²) in [5, 5.41) is 2.64. The third-order valence-corrected chi connectivity index (χ3v) is 4.30. The van der Waals surface area contributed by atoms with Crippen LogP contribution in [0.5, 0.6) is 0 Å². The van der Waals surface area contributed by atoms with Gasteiger partial charge in [-0.1, -0.05) is 30.3 Å². The molecule has 3 amide bonds. The summed E-state index contributed by atoms with van der Waals surface area (Å²) in [6.07, 6.45) is 4.44. The second kappa shape index (κ2) is 9.05. The smallest absolute Gasteiger partial charge is 0.242 e. The highest BCUT2D eigenvalue weighted by Gasteiger charge is 2.32. The first-order chi connectivity index (χ1) is 11.6. The number of carbonyl (C=O) groups excluding carboxylic acids is 3. The number of carbonyl (C=O) groups is 3. The third kappa shape index (κ3) is 5.37. The van der Waals surface area contributed by atoms with E-state index in [0.717, 1.165) is 25.7 Å². The zero-order valence-corrected chi connectivity index (χ0v) is 13.9. The first kappa shape index (κ1) is 18.0. The van der Waals surface area contributed by atoms with Crippen LogP contribution in [0.25, 0.3) is 0 Å². The van der Waals surface area contributed by atoms with Gasteiger partial charge in [0.05, 0.1) is 6.54 Å². The average molecular weight is 331 g/mol. The number of nitrogens with one attached hydrogen (secondary N) is 1. The maximum absolute atomic E-state index is 12.1. The van der Waals surface area contributed by atoms with E-state index < -0.39 is 11.9 Å². The molecule has 0 aromatic heterocycles. The van der Waals surface area contributed by atoms with E-state index in [4.69, 9.17) is 5.73 Å². The highest BCUT2D eigenvalue weighted by Crippen LogP contribution is 2.16. The molecule has 1 aromatic carbocycles. The minimum absolute atomic E-state index is 0.0682. The molecule has 0 aliphatic carbocycles. The van der Waals surface area contributed by atoms with Gasteiger partial charge in [-0.3, -0.25) is 14.4 Å². The summed E-state index contributed by atoms with van der Waals surface area (Å²) < 4.78 is 0. The van der Waals surface area contributed by atoms with Crippen LogP contribution in [0.3, 0.4) is 0 Å². The van der Waals surface area contributed by atoms with Crippen molar-refractivity contribution in [2.45, 2.75) is 44.6 Å². The van der Waals surface area contributed by atoms with Gasteiger partial charge in [0.15, 0.2) is 0 Å². The number of amides is 3. The van der Waals surface area contributed by atoms with Crippen molar-refractivity contribution >= 4 is 17.7 Å². The van der Waals surface area contributed by atoms with E-state index in [2.05, 4.69) is 17.4 Å².